The molecule has 0 radical (unpaired) electrons. The molecule has 5 heteroatoms. The normalized spacial score (nSPS) is 10.9. The largest absolute Gasteiger partial charge is 0.362 e. The predicted molar refractivity (Wildman–Crippen MR) is 88.5 cm³/mol. The monoisotopic (exact) mass is 350 g/mol. The number of aromatic nitrogens is 1. The van der Waals surface area contributed by atoms with E-state index in [0.717, 1.165) is 27.4 Å². The molecule has 20 heavy (non-hydrogen) atoms. The van der Waals surface area contributed by atoms with E-state index < -0.39 is 0 Å². The minimum Gasteiger partial charge on any atom is -0.362 e. The first kappa shape index (κ1) is 14.9. The Kier molecular flexibility index (Phi) is 5.09. The second-order valence-electron chi connectivity index (χ2n) is 4.22. The first-order valence-electron chi connectivity index (χ1n) is 6.29. The van der Waals surface area contributed by atoms with Crippen molar-refractivity contribution in [2.75, 3.05) is 11.9 Å². The predicted octanol–water partition coefficient (Wildman–Crippen LogP) is 4.54. The number of rotatable bonds is 5. The fourth-order valence-electron chi connectivity index (χ4n) is 1.71. The van der Waals surface area contributed by atoms with E-state index in [1.807, 2.05) is 44.2 Å². The number of carbonyl (C=O) groups is 1. The van der Waals surface area contributed by atoms with Crippen molar-refractivity contribution in [1.29, 1.82) is 0 Å². The molecule has 0 aliphatic carbocycles. The van der Waals surface area contributed by atoms with Crippen molar-refractivity contribution < 1.29 is 4.79 Å². The molecule has 1 N–H and O–H groups in total. The molecule has 3 nitrogen and oxygen atoms in total. The lowest BCUT2D eigenvalue weighted by atomic mass is 10.2. The Morgan fingerprint density at radius 3 is 3.00 bits per heavy atom. The van der Waals surface area contributed by atoms with Gasteiger partial charge >= 0.3 is 0 Å². The van der Waals surface area contributed by atoms with Crippen LogP contribution < -0.4 is 5.32 Å². The summed E-state index contributed by atoms with van der Waals surface area (Å²) < 4.78 is 0.996. The summed E-state index contributed by atoms with van der Waals surface area (Å²) in [4.78, 5) is 17.2. The summed E-state index contributed by atoms with van der Waals surface area (Å²) in [6.45, 7) is 4.66. The molecule has 0 amide bonds. The van der Waals surface area contributed by atoms with Gasteiger partial charge in [0.1, 0.15) is 0 Å². The smallest absolute Gasteiger partial charge is 0.197 e. The van der Waals surface area contributed by atoms with Crippen LogP contribution in [0.15, 0.2) is 34.8 Å². The number of benzene rings is 1. The van der Waals surface area contributed by atoms with Gasteiger partial charge < -0.3 is 5.32 Å². The molecule has 0 aliphatic rings. The van der Waals surface area contributed by atoms with Gasteiger partial charge in [0.15, 0.2) is 10.9 Å². The highest BCUT2D eigenvalue weighted by Crippen LogP contribution is 2.23. The SMILES string of the molecule is CCNc1nc(C)c(C(=O)/C=C/c2cccc(Br)c2)s1. The molecule has 0 fully saturated rings. The van der Waals surface area contributed by atoms with Gasteiger partial charge in [-0.2, -0.15) is 0 Å². The molecule has 0 unspecified atom stereocenters. The highest BCUT2D eigenvalue weighted by molar-refractivity contribution is 9.10. The van der Waals surface area contributed by atoms with Gasteiger partial charge in [-0.25, -0.2) is 4.98 Å². The Balaban J connectivity index is 2.15. The van der Waals surface area contributed by atoms with Gasteiger partial charge in [0, 0.05) is 11.0 Å². The van der Waals surface area contributed by atoms with Crippen molar-refractivity contribution in [2.45, 2.75) is 13.8 Å². The van der Waals surface area contributed by atoms with Crippen molar-refractivity contribution in [3.8, 4) is 0 Å². The number of hydrogen-bond acceptors (Lipinski definition) is 4. The maximum absolute atomic E-state index is 12.2. The topological polar surface area (TPSA) is 42.0 Å². The third-order valence-electron chi connectivity index (χ3n) is 2.62. The highest BCUT2D eigenvalue weighted by Gasteiger charge is 2.12. The third-order valence-corrected chi connectivity index (χ3v) is 4.25. The van der Waals surface area contributed by atoms with Crippen molar-refractivity contribution in [1.82, 2.24) is 4.98 Å². The molecule has 1 aromatic carbocycles. The molecule has 104 valence electrons. The van der Waals surface area contributed by atoms with Gasteiger partial charge in [0.2, 0.25) is 0 Å². The summed E-state index contributed by atoms with van der Waals surface area (Å²) in [7, 11) is 0. The Morgan fingerprint density at radius 2 is 2.30 bits per heavy atom. The summed E-state index contributed by atoms with van der Waals surface area (Å²) in [5.41, 5.74) is 1.76. The van der Waals surface area contributed by atoms with E-state index in [1.165, 1.54) is 11.3 Å². The molecule has 0 bridgehead atoms. The molecule has 0 saturated carbocycles. The van der Waals surface area contributed by atoms with E-state index in [4.69, 9.17) is 0 Å². The minimum absolute atomic E-state index is 0.0101. The van der Waals surface area contributed by atoms with Gasteiger partial charge in [-0.05, 0) is 37.6 Å². The van der Waals surface area contributed by atoms with Crippen LogP contribution >= 0.6 is 27.3 Å². The summed E-state index contributed by atoms with van der Waals surface area (Å²) in [6.07, 6.45) is 3.41. The van der Waals surface area contributed by atoms with E-state index in [9.17, 15) is 4.79 Å². The lowest BCUT2D eigenvalue weighted by Gasteiger charge is -1.95. The zero-order chi connectivity index (χ0) is 14.5. The van der Waals surface area contributed by atoms with E-state index in [2.05, 4.69) is 26.2 Å². The van der Waals surface area contributed by atoms with E-state index in [-0.39, 0.29) is 5.78 Å². The molecule has 1 aromatic heterocycles. The lowest BCUT2D eigenvalue weighted by molar-refractivity contribution is 0.105. The molecule has 0 spiro atoms. The second kappa shape index (κ2) is 6.81. The van der Waals surface area contributed by atoms with Crippen LogP contribution in [-0.4, -0.2) is 17.3 Å². The Bertz CT molecular complexity index is 649. The maximum Gasteiger partial charge on any atom is 0.197 e. The maximum atomic E-state index is 12.2. The number of carbonyl (C=O) groups excluding carboxylic acids is 1. The molecule has 0 saturated heterocycles. The molecule has 1 heterocycles. The number of hydrogen-bond donors (Lipinski definition) is 1. The van der Waals surface area contributed by atoms with Crippen LogP contribution in [0.5, 0.6) is 0 Å². The summed E-state index contributed by atoms with van der Waals surface area (Å²) in [5.74, 6) is -0.0101. The number of nitrogens with one attached hydrogen (secondary N) is 1. The number of aryl methyl sites for hydroxylation is 1. The van der Waals surface area contributed by atoms with Gasteiger partial charge in [0.05, 0.1) is 10.6 Å². The first-order valence-corrected chi connectivity index (χ1v) is 7.90. The number of thiazole rings is 1. The van der Waals surface area contributed by atoms with Crippen LogP contribution in [0, 0.1) is 6.92 Å². The fraction of sp³-hybridized carbons (Fsp3) is 0.200. The number of nitrogens with zero attached hydrogens (tertiary/aromatic N) is 1. The summed E-state index contributed by atoms with van der Waals surface area (Å²) in [5, 5.41) is 3.93. The molecule has 0 aliphatic heterocycles. The number of ketones is 1. The van der Waals surface area contributed by atoms with E-state index in [1.54, 1.807) is 6.08 Å². The third kappa shape index (κ3) is 3.77. The number of allylic oxidation sites excluding steroid dienone is 1. The molecule has 2 aromatic rings. The van der Waals surface area contributed by atoms with Crippen molar-refractivity contribution in [3.63, 3.8) is 0 Å². The van der Waals surface area contributed by atoms with Gasteiger partial charge in [-0.3, -0.25) is 4.79 Å². The van der Waals surface area contributed by atoms with Gasteiger partial charge in [-0.15, -0.1) is 0 Å². The highest BCUT2D eigenvalue weighted by atomic mass is 79.9. The lowest BCUT2D eigenvalue weighted by Crippen LogP contribution is -1.94. The average molecular weight is 351 g/mol. The number of anilines is 1. The molecular formula is C15H15BrN2OS. The van der Waals surface area contributed by atoms with E-state index in [0.29, 0.717) is 4.88 Å². The second-order valence-corrected chi connectivity index (χ2v) is 6.13. The van der Waals surface area contributed by atoms with Crippen molar-refractivity contribution in [3.05, 3.63) is 50.9 Å². The van der Waals surface area contributed by atoms with Crippen LogP contribution in [-0.2, 0) is 0 Å². The van der Waals surface area contributed by atoms with Crippen LogP contribution in [0.3, 0.4) is 0 Å². The molecular weight excluding hydrogens is 336 g/mol. The Morgan fingerprint density at radius 1 is 1.50 bits per heavy atom. The fourth-order valence-corrected chi connectivity index (χ4v) is 3.08. The Labute approximate surface area is 130 Å². The molecule has 0 atom stereocenters. The van der Waals surface area contributed by atoms with Gasteiger partial charge in [-0.1, -0.05) is 45.5 Å². The van der Waals surface area contributed by atoms with Gasteiger partial charge in [0.25, 0.3) is 0 Å². The quantitative estimate of drug-likeness (QED) is 0.635. The van der Waals surface area contributed by atoms with Crippen molar-refractivity contribution in [2.24, 2.45) is 0 Å². The van der Waals surface area contributed by atoms with Crippen LogP contribution in [0.25, 0.3) is 6.08 Å². The average Bonchev–Trinajstić information content (AvgIpc) is 2.78. The Hall–Kier alpha value is -1.46. The first-order chi connectivity index (χ1) is 9.60. The standard InChI is InChI=1S/C15H15BrN2OS/c1-3-17-15-18-10(2)14(20-15)13(19)8-7-11-5-4-6-12(16)9-11/h4-9H,3H2,1-2H3,(H,17,18)/b8-7+. The van der Waals surface area contributed by atoms with Crippen LogP contribution in [0.1, 0.15) is 27.9 Å². The van der Waals surface area contributed by atoms with Crippen LogP contribution in [0.4, 0.5) is 5.13 Å². The van der Waals surface area contributed by atoms with Crippen LogP contribution in [0.2, 0.25) is 0 Å². The van der Waals surface area contributed by atoms with Crippen molar-refractivity contribution >= 4 is 44.3 Å². The minimum atomic E-state index is -0.0101. The zero-order valence-corrected chi connectivity index (χ0v) is 13.7. The summed E-state index contributed by atoms with van der Waals surface area (Å²) in [6, 6.07) is 7.82. The zero-order valence-electron chi connectivity index (χ0n) is 11.3. The number of halogens is 1. The summed E-state index contributed by atoms with van der Waals surface area (Å²) >= 11 is 4.81. The van der Waals surface area contributed by atoms with E-state index >= 15 is 0 Å². The molecule has 2 rings (SSSR count).